The molecule has 0 aromatic rings. The van der Waals surface area contributed by atoms with Crippen molar-refractivity contribution in [2.75, 3.05) is 52.4 Å². The number of piperidine rings is 2. The van der Waals surface area contributed by atoms with E-state index in [0.717, 1.165) is 0 Å². The predicted octanol–water partition coefficient (Wildman–Crippen LogP) is 1.72. The van der Waals surface area contributed by atoms with Crippen LogP contribution in [-0.2, 0) is 0 Å². The maximum absolute atomic E-state index is 9.89. The van der Waals surface area contributed by atoms with Crippen molar-refractivity contribution in [1.29, 1.82) is 0 Å². The number of hydrogen-bond acceptors (Lipinski definition) is 2. The van der Waals surface area contributed by atoms with E-state index in [0.29, 0.717) is 0 Å². The molecule has 144 valence electrons. The number of halogens is 1. The van der Waals surface area contributed by atoms with Crippen molar-refractivity contribution in [3.63, 3.8) is 0 Å². The molecule has 24 heavy (non-hydrogen) atoms. The van der Waals surface area contributed by atoms with Crippen molar-refractivity contribution in [3.05, 3.63) is 0 Å². The Labute approximate surface area is 150 Å². The van der Waals surface area contributed by atoms with Gasteiger partial charge in [-0.05, 0) is 66.2 Å². The zero-order chi connectivity index (χ0) is 18.5. The largest absolute Gasteiger partial charge is 0.867 e. The van der Waals surface area contributed by atoms with Gasteiger partial charge in [0.1, 0.15) is 7.40 Å². The minimum Gasteiger partial charge on any atom is -0.867 e. The van der Waals surface area contributed by atoms with Crippen molar-refractivity contribution in [2.24, 2.45) is 0 Å². The van der Waals surface area contributed by atoms with E-state index in [9.17, 15) is 4.32 Å². The third-order valence-corrected chi connectivity index (χ3v) is 6.21. The topological polar surface area (TPSA) is 46.1 Å². The van der Waals surface area contributed by atoms with Crippen molar-refractivity contribution < 1.29 is 23.3 Å². The molecule has 0 aliphatic carbocycles. The number of hydrogen-bond donors (Lipinski definition) is 0. The van der Waals surface area contributed by atoms with Crippen LogP contribution < -0.4 is 10.0 Å². The normalized spacial score (nSPS) is 21.6. The SMILES string of the molecule is CC[N+]1(CC)CCCCC1.CC[N+]1(CC)CCCCC1.[O-]B([O-])F. The van der Waals surface area contributed by atoms with E-state index in [1.807, 2.05) is 0 Å². The first-order valence-electron chi connectivity index (χ1n) is 10.0. The highest BCUT2D eigenvalue weighted by molar-refractivity contribution is 6.27. The van der Waals surface area contributed by atoms with Gasteiger partial charge in [-0.15, -0.1) is 0 Å². The summed E-state index contributed by atoms with van der Waals surface area (Å²) < 4.78 is 12.7. The van der Waals surface area contributed by atoms with Gasteiger partial charge in [0.2, 0.25) is 0 Å². The number of quaternary nitrogens is 2. The van der Waals surface area contributed by atoms with Gasteiger partial charge in [-0.2, -0.15) is 0 Å². The molecule has 0 bridgehead atoms. The first-order chi connectivity index (χ1) is 11.4. The standard InChI is InChI=1S/2C9H20N.BFO2/c2*1-3-10(4-2)8-6-5-7-9-10;2-1(3)4/h2*3-9H2,1-2H3;/q2*+1;-2. The molecule has 0 saturated carbocycles. The van der Waals surface area contributed by atoms with Gasteiger partial charge >= 0.3 is 0 Å². The molecule has 2 saturated heterocycles. The van der Waals surface area contributed by atoms with Crippen molar-refractivity contribution in [2.45, 2.75) is 66.2 Å². The Hall–Kier alpha value is -0.165. The Morgan fingerprint density at radius 1 is 0.625 bits per heavy atom. The van der Waals surface area contributed by atoms with E-state index >= 15 is 0 Å². The quantitative estimate of drug-likeness (QED) is 0.575. The van der Waals surface area contributed by atoms with Gasteiger partial charge in [0.15, 0.2) is 0 Å². The molecule has 0 amide bonds. The van der Waals surface area contributed by atoms with Crippen LogP contribution in [0, 0.1) is 0 Å². The molecular formula is C18H40BFN2O2. The second kappa shape index (κ2) is 13.1. The van der Waals surface area contributed by atoms with Gasteiger partial charge in [0.25, 0.3) is 0 Å². The first kappa shape index (κ1) is 23.8. The molecule has 0 unspecified atom stereocenters. The smallest absolute Gasteiger partial charge is 0.121 e. The van der Waals surface area contributed by atoms with E-state index in [1.165, 1.54) is 99.8 Å². The molecule has 6 heteroatoms. The Morgan fingerprint density at radius 3 is 0.958 bits per heavy atom. The molecular weight excluding hydrogens is 306 g/mol. The first-order valence-corrected chi connectivity index (χ1v) is 10.0. The van der Waals surface area contributed by atoms with Crippen LogP contribution in [0.3, 0.4) is 0 Å². The summed E-state index contributed by atoms with van der Waals surface area (Å²) in [4.78, 5) is 0. The molecule has 4 nitrogen and oxygen atoms in total. The number of likely N-dealkylation sites (tertiary alicyclic amines) is 2. The van der Waals surface area contributed by atoms with Crippen LogP contribution in [0.4, 0.5) is 4.32 Å². The van der Waals surface area contributed by atoms with E-state index in [4.69, 9.17) is 10.0 Å². The zero-order valence-electron chi connectivity index (χ0n) is 16.6. The van der Waals surface area contributed by atoms with E-state index in [2.05, 4.69) is 27.7 Å². The highest BCUT2D eigenvalue weighted by atomic mass is 19.1. The van der Waals surface area contributed by atoms with Gasteiger partial charge < -0.3 is 23.3 Å². The lowest BCUT2D eigenvalue weighted by atomic mass is 10.1. The van der Waals surface area contributed by atoms with Crippen LogP contribution in [0.25, 0.3) is 0 Å². The lowest BCUT2D eigenvalue weighted by Crippen LogP contribution is -2.50. The molecule has 0 atom stereocenters. The van der Waals surface area contributed by atoms with Crippen molar-refractivity contribution >= 4 is 7.40 Å². The fraction of sp³-hybridized carbons (Fsp3) is 1.00. The molecule has 0 spiro atoms. The van der Waals surface area contributed by atoms with E-state index in [1.54, 1.807) is 0 Å². The van der Waals surface area contributed by atoms with Crippen LogP contribution in [0.5, 0.6) is 0 Å². The number of rotatable bonds is 4. The second-order valence-corrected chi connectivity index (χ2v) is 7.24. The fourth-order valence-corrected chi connectivity index (χ4v) is 4.08. The van der Waals surface area contributed by atoms with E-state index < -0.39 is 7.40 Å². The van der Waals surface area contributed by atoms with Crippen LogP contribution >= 0.6 is 0 Å². The van der Waals surface area contributed by atoms with Gasteiger partial charge in [-0.1, -0.05) is 0 Å². The highest BCUT2D eigenvalue weighted by Crippen LogP contribution is 2.18. The lowest BCUT2D eigenvalue weighted by molar-refractivity contribution is -0.929. The van der Waals surface area contributed by atoms with E-state index in [-0.39, 0.29) is 0 Å². The number of nitrogens with zero attached hydrogens (tertiary/aromatic N) is 2. The molecule has 0 aromatic carbocycles. The molecule has 0 aromatic heterocycles. The Balaban J connectivity index is 0.000000363. The Kier molecular flexibility index (Phi) is 13.0. The summed E-state index contributed by atoms with van der Waals surface area (Å²) in [7, 11) is -3.17. The van der Waals surface area contributed by atoms with Crippen LogP contribution in [-0.4, -0.2) is 68.7 Å². The maximum Gasteiger partial charge on any atom is 0.121 e. The zero-order valence-corrected chi connectivity index (χ0v) is 16.6. The van der Waals surface area contributed by atoms with Gasteiger partial charge in [0, 0.05) is 0 Å². The van der Waals surface area contributed by atoms with Crippen LogP contribution in [0.2, 0.25) is 0 Å². The molecule has 2 aliphatic rings. The van der Waals surface area contributed by atoms with Crippen molar-refractivity contribution in [1.82, 2.24) is 0 Å². The fourth-order valence-electron chi connectivity index (χ4n) is 4.08. The summed E-state index contributed by atoms with van der Waals surface area (Å²) >= 11 is 0. The predicted molar refractivity (Wildman–Crippen MR) is 96.7 cm³/mol. The third-order valence-electron chi connectivity index (χ3n) is 6.21. The van der Waals surface area contributed by atoms with Gasteiger partial charge in [-0.25, -0.2) is 0 Å². The molecule has 0 radical (unpaired) electrons. The average molecular weight is 346 g/mol. The highest BCUT2D eigenvalue weighted by Gasteiger charge is 2.25. The Bertz CT molecular complexity index is 254. The van der Waals surface area contributed by atoms with Gasteiger partial charge in [0.05, 0.1) is 52.4 Å². The minimum absolute atomic E-state index is 1.34. The average Bonchev–Trinajstić information content (AvgIpc) is 2.63. The molecule has 2 heterocycles. The summed E-state index contributed by atoms with van der Waals surface area (Å²) in [5, 5.41) is 16.6. The van der Waals surface area contributed by atoms with Crippen molar-refractivity contribution in [3.8, 4) is 0 Å². The summed E-state index contributed by atoms with van der Waals surface area (Å²) in [6.07, 6.45) is 8.78. The minimum atomic E-state index is -3.17. The molecule has 2 rings (SSSR count). The third kappa shape index (κ3) is 9.35. The summed E-state index contributed by atoms with van der Waals surface area (Å²) in [5.41, 5.74) is 0. The summed E-state index contributed by atoms with van der Waals surface area (Å²) in [5.74, 6) is 0. The molecule has 0 N–H and O–H groups in total. The van der Waals surface area contributed by atoms with Crippen LogP contribution in [0.1, 0.15) is 66.2 Å². The second-order valence-electron chi connectivity index (χ2n) is 7.24. The monoisotopic (exact) mass is 346 g/mol. The van der Waals surface area contributed by atoms with Crippen LogP contribution in [0.15, 0.2) is 0 Å². The molecule has 2 aliphatic heterocycles. The van der Waals surface area contributed by atoms with Gasteiger partial charge in [-0.3, -0.25) is 0 Å². The maximum atomic E-state index is 9.89. The lowest BCUT2D eigenvalue weighted by Gasteiger charge is -2.39. The molecule has 2 fully saturated rings. The Morgan fingerprint density at radius 2 is 0.833 bits per heavy atom. The summed E-state index contributed by atoms with van der Waals surface area (Å²) in [6.45, 7) is 20.4. The summed E-state index contributed by atoms with van der Waals surface area (Å²) in [6, 6.07) is 0.